The third-order valence-electron chi connectivity index (χ3n) is 5.64. The minimum Gasteiger partial charge on any atom is -0.456 e. The van der Waals surface area contributed by atoms with Crippen molar-refractivity contribution in [3.63, 3.8) is 0 Å². The Morgan fingerprint density at radius 3 is 2.24 bits per heavy atom. The number of nitrogens with zero attached hydrogens (tertiary/aromatic N) is 1. The molecular formula is C26H24N2O5. The van der Waals surface area contributed by atoms with Crippen LogP contribution >= 0.6 is 0 Å². The van der Waals surface area contributed by atoms with Crippen LogP contribution in [0.3, 0.4) is 0 Å². The van der Waals surface area contributed by atoms with Gasteiger partial charge >= 0.3 is 5.97 Å². The maximum Gasteiger partial charge on any atom is 0.306 e. The smallest absolute Gasteiger partial charge is 0.306 e. The maximum atomic E-state index is 12.9. The van der Waals surface area contributed by atoms with Crippen molar-refractivity contribution >= 4 is 40.2 Å². The fourth-order valence-corrected chi connectivity index (χ4v) is 4.02. The number of carbonyl (C=O) groups is 4. The molecule has 1 heterocycles. The Morgan fingerprint density at radius 1 is 0.939 bits per heavy atom. The number of benzene rings is 3. The number of ether oxygens (including phenoxy) is 1. The van der Waals surface area contributed by atoms with E-state index in [0.717, 1.165) is 21.4 Å². The molecule has 3 aromatic carbocycles. The average Bonchev–Trinajstić information content (AvgIpc) is 2.80. The van der Waals surface area contributed by atoms with Crippen molar-refractivity contribution in [3.8, 4) is 0 Å². The van der Waals surface area contributed by atoms with Crippen LogP contribution in [-0.4, -0.2) is 41.7 Å². The predicted octanol–water partition coefficient (Wildman–Crippen LogP) is 4.01. The first-order chi connectivity index (χ1) is 15.8. The number of hydrogen-bond acceptors (Lipinski definition) is 5. The second kappa shape index (κ2) is 9.24. The van der Waals surface area contributed by atoms with Gasteiger partial charge in [0.1, 0.15) is 0 Å². The molecule has 0 aromatic heterocycles. The lowest BCUT2D eigenvalue weighted by Crippen LogP contribution is -2.41. The van der Waals surface area contributed by atoms with E-state index in [1.54, 1.807) is 30.3 Å². The number of nitrogens with one attached hydrogen (secondary N) is 1. The summed E-state index contributed by atoms with van der Waals surface area (Å²) >= 11 is 0. The third kappa shape index (κ3) is 4.62. The summed E-state index contributed by atoms with van der Waals surface area (Å²) in [4.78, 5) is 51.0. The largest absolute Gasteiger partial charge is 0.456 e. The highest BCUT2D eigenvalue weighted by atomic mass is 16.5. The SMILES string of the molecule is Cc1ccc(NC(=O)COC(=O)CCCN2C(=O)c3cccc4cccc(c34)C2=O)c(C)c1. The van der Waals surface area contributed by atoms with Crippen LogP contribution in [0.4, 0.5) is 5.69 Å². The second-order valence-corrected chi connectivity index (χ2v) is 8.10. The lowest BCUT2D eigenvalue weighted by atomic mass is 9.94. The molecule has 168 valence electrons. The first-order valence-corrected chi connectivity index (χ1v) is 10.8. The molecule has 0 saturated heterocycles. The minimum absolute atomic E-state index is 0.0141. The van der Waals surface area contributed by atoms with E-state index in [1.165, 1.54) is 0 Å². The second-order valence-electron chi connectivity index (χ2n) is 8.10. The first-order valence-electron chi connectivity index (χ1n) is 10.8. The van der Waals surface area contributed by atoms with Crippen molar-refractivity contribution in [2.45, 2.75) is 26.7 Å². The van der Waals surface area contributed by atoms with Gasteiger partial charge in [-0.1, -0.05) is 42.0 Å². The average molecular weight is 444 g/mol. The van der Waals surface area contributed by atoms with Gasteiger partial charge in [0.2, 0.25) is 0 Å². The van der Waals surface area contributed by atoms with Crippen LogP contribution in [0, 0.1) is 13.8 Å². The zero-order valence-corrected chi connectivity index (χ0v) is 18.5. The monoisotopic (exact) mass is 444 g/mol. The quantitative estimate of drug-likeness (QED) is 0.439. The predicted molar refractivity (Wildman–Crippen MR) is 124 cm³/mol. The highest BCUT2D eigenvalue weighted by Crippen LogP contribution is 2.30. The molecule has 0 spiro atoms. The Labute approximate surface area is 191 Å². The van der Waals surface area contributed by atoms with Crippen LogP contribution in [0.15, 0.2) is 54.6 Å². The number of esters is 1. The lowest BCUT2D eigenvalue weighted by molar-refractivity contribution is -0.147. The number of amides is 3. The fraction of sp³-hybridized carbons (Fsp3) is 0.231. The molecule has 0 unspecified atom stereocenters. The van der Waals surface area contributed by atoms with Crippen molar-refractivity contribution in [1.29, 1.82) is 0 Å². The lowest BCUT2D eigenvalue weighted by Gasteiger charge is -2.27. The van der Waals surface area contributed by atoms with E-state index < -0.39 is 18.5 Å². The van der Waals surface area contributed by atoms with Gasteiger partial charge in [0.15, 0.2) is 6.61 Å². The summed E-state index contributed by atoms with van der Waals surface area (Å²) in [5.74, 6) is -1.73. The molecule has 7 nitrogen and oxygen atoms in total. The van der Waals surface area contributed by atoms with Gasteiger partial charge in [0, 0.05) is 35.2 Å². The highest BCUT2D eigenvalue weighted by molar-refractivity contribution is 6.25. The minimum atomic E-state index is -0.565. The molecule has 0 aliphatic carbocycles. The fourth-order valence-electron chi connectivity index (χ4n) is 4.02. The van der Waals surface area contributed by atoms with E-state index in [0.29, 0.717) is 22.2 Å². The Kier molecular flexibility index (Phi) is 6.22. The summed E-state index contributed by atoms with van der Waals surface area (Å²) in [7, 11) is 0. The summed E-state index contributed by atoms with van der Waals surface area (Å²) in [6, 6.07) is 16.3. The molecule has 0 saturated carbocycles. The van der Waals surface area contributed by atoms with Gasteiger partial charge in [-0.2, -0.15) is 0 Å². The van der Waals surface area contributed by atoms with E-state index in [4.69, 9.17) is 4.74 Å². The van der Waals surface area contributed by atoms with Crippen molar-refractivity contribution < 1.29 is 23.9 Å². The number of hydrogen-bond donors (Lipinski definition) is 1. The highest BCUT2D eigenvalue weighted by Gasteiger charge is 2.32. The molecule has 3 amide bonds. The number of imide groups is 1. The molecule has 33 heavy (non-hydrogen) atoms. The molecule has 3 aromatic rings. The molecule has 0 atom stereocenters. The zero-order valence-electron chi connectivity index (χ0n) is 18.5. The number of anilines is 1. The van der Waals surface area contributed by atoms with Crippen LogP contribution in [0.25, 0.3) is 10.8 Å². The van der Waals surface area contributed by atoms with Gasteiger partial charge in [-0.15, -0.1) is 0 Å². The molecular weight excluding hydrogens is 420 g/mol. The van der Waals surface area contributed by atoms with E-state index in [2.05, 4.69) is 5.32 Å². The molecule has 1 aliphatic heterocycles. The number of aryl methyl sites for hydroxylation is 2. The first kappa shape index (κ1) is 22.2. The Hall–Kier alpha value is -4.00. The molecule has 0 bridgehead atoms. The molecule has 1 N–H and O–H groups in total. The van der Waals surface area contributed by atoms with Gasteiger partial charge in [-0.05, 0) is 49.4 Å². The summed E-state index contributed by atoms with van der Waals surface area (Å²) in [6.45, 7) is 3.54. The third-order valence-corrected chi connectivity index (χ3v) is 5.64. The van der Waals surface area contributed by atoms with E-state index in [1.807, 2.05) is 38.1 Å². The van der Waals surface area contributed by atoms with E-state index >= 15 is 0 Å². The van der Waals surface area contributed by atoms with Crippen LogP contribution in [0.5, 0.6) is 0 Å². The molecule has 7 heteroatoms. The number of carbonyl (C=O) groups excluding carboxylic acids is 4. The summed E-state index contributed by atoms with van der Waals surface area (Å²) in [5.41, 5.74) is 3.63. The summed E-state index contributed by atoms with van der Waals surface area (Å²) < 4.78 is 5.05. The Bertz CT molecular complexity index is 1230. The Balaban J connectivity index is 1.29. The maximum absolute atomic E-state index is 12.9. The van der Waals surface area contributed by atoms with Gasteiger partial charge in [-0.3, -0.25) is 24.1 Å². The molecule has 4 rings (SSSR count). The standard InChI is InChI=1S/C26H24N2O5/c1-16-11-12-21(17(2)14-16)27-22(29)15-33-23(30)10-5-13-28-25(31)19-8-3-6-18-7-4-9-20(24(18)19)26(28)32/h3-4,6-9,11-12,14H,5,10,13,15H2,1-2H3,(H,27,29). The van der Waals surface area contributed by atoms with Crippen LogP contribution in [0.2, 0.25) is 0 Å². The topological polar surface area (TPSA) is 92.8 Å². The Morgan fingerprint density at radius 2 is 1.61 bits per heavy atom. The number of rotatable bonds is 7. The van der Waals surface area contributed by atoms with E-state index in [9.17, 15) is 19.2 Å². The van der Waals surface area contributed by atoms with Crippen LogP contribution in [0.1, 0.15) is 44.7 Å². The van der Waals surface area contributed by atoms with E-state index in [-0.39, 0.29) is 31.2 Å². The molecule has 0 fully saturated rings. The molecule has 0 radical (unpaired) electrons. The van der Waals surface area contributed by atoms with Gasteiger partial charge in [0.05, 0.1) is 0 Å². The summed E-state index contributed by atoms with van der Waals surface area (Å²) in [5, 5.41) is 4.23. The van der Waals surface area contributed by atoms with Gasteiger partial charge in [-0.25, -0.2) is 0 Å². The van der Waals surface area contributed by atoms with Crippen molar-refractivity contribution in [2.24, 2.45) is 0 Å². The van der Waals surface area contributed by atoms with Crippen molar-refractivity contribution in [3.05, 3.63) is 76.9 Å². The van der Waals surface area contributed by atoms with Gasteiger partial charge < -0.3 is 10.1 Å². The van der Waals surface area contributed by atoms with Crippen molar-refractivity contribution in [1.82, 2.24) is 4.90 Å². The van der Waals surface area contributed by atoms with Gasteiger partial charge in [0.25, 0.3) is 17.7 Å². The normalized spacial score (nSPS) is 12.7. The zero-order chi connectivity index (χ0) is 23.5. The molecule has 1 aliphatic rings. The van der Waals surface area contributed by atoms with Crippen LogP contribution in [-0.2, 0) is 14.3 Å². The summed E-state index contributed by atoms with van der Waals surface area (Å²) in [6.07, 6.45) is 0.229. The van der Waals surface area contributed by atoms with Crippen molar-refractivity contribution in [2.75, 3.05) is 18.5 Å². The van der Waals surface area contributed by atoms with Crippen LogP contribution < -0.4 is 5.32 Å².